The third kappa shape index (κ3) is 9.55. The van der Waals surface area contributed by atoms with Crippen LogP contribution in [0.15, 0.2) is 24.3 Å². The summed E-state index contributed by atoms with van der Waals surface area (Å²) in [5.41, 5.74) is -1.67. The molecule has 228 valence electrons. The maximum Gasteiger partial charge on any atom is 0.407 e. The number of nitrogens with one attached hydrogen (secondary N) is 3. The van der Waals surface area contributed by atoms with Crippen LogP contribution < -0.4 is 16.0 Å². The monoisotopic (exact) mass is 615 g/mol. The van der Waals surface area contributed by atoms with Crippen molar-refractivity contribution in [2.24, 2.45) is 11.8 Å². The van der Waals surface area contributed by atoms with Crippen LogP contribution in [-0.4, -0.2) is 83.5 Å². The number of aliphatic hydroxyl groups excluding tert-OH is 1. The van der Waals surface area contributed by atoms with Gasteiger partial charge in [0.05, 0.1) is 12.1 Å². The standard InChI is InChI=1S/C26H37ClN4O9S/c1-15(2)10-20(24(34)29-21(25(35)41(37,38)39)12-17-8-9-28-23(17)33)30-26(36)40-14-19-6-7-22(32)31(19)13-16-4-3-5-18(27)11-16/h3-5,11,15,17,19-21,25,35H,6-10,12-14H2,1-2H3,(H,28,33)(H,29,34)(H,30,36)(H,37,38,39)/p-1/t17-,19-,20-,21-,25?/m0/s1. The average molecular weight is 616 g/mol. The fourth-order valence-corrected chi connectivity index (χ4v) is 5.78. The van der Waals surface area contributed by atoms with Gasteiger partial charge in [0.2, 0.25) is 17.7 Å². The van der Waals surface area contributed by atoms with Crippen molar-refractivity contribution >= 4 is 45.5 Å². The summed E-state index contributed by atoms with van der Waals surface area (Å²) >= 11 is 6.04. The Balaban J connectivity index is 1.63. The first-order chi connectivity index (χ1) is 19.2. The number of halogens is 1. The molecule has 1 aromatic carbocycles. The molecule has 0 aromatic heterocycles. The van der Waals surface area contributed by atoms with Crippen molar-refractivity contribution in [1.82, 2.24) is 20.9 Å². The maximum atomic E-state index is 13.1. The second-order valence-electron chi connectivity index (χ2n) is 10.8. The Bertz CT molecular complexity index is 1230. The summed E-state index contributed by atoms with van der Waals surface area (Å²) in [4.78, 5) is 51.9. The number of alkyl carbamates (subject to hydrolysis) is 1. The minimum absolute atomic E-state index is 0.0927. The summed E-state index contributed by atoms with van der Waals surface area (Å²) in [5.74, 6) is -2.12. The molecular weight excluding hydrogens is 580 g/mol. The Morgan fingerprint density at radius 3 is 2.59 bits per heavy atom. The third-order valence-electron chi connectivity index (χ3n) is 7.09. The number of benzene rings is 1. The highest BCUT2D eigenvalue weighted by Gasteiger charge is 2.36. The van der Waals surface area contributed by atoms with Crippen molar-refractivity contribution < 1.29 is 42.0 Å². The topological polar surface area (TPSA) is 194 Å². The normalized spacial score (nSPS) is 21.4. The molecule has 2 aliphatic heterocycles. The predicted octanol–water partition coefficient (Wildman–Crippen LogP) is 0.847. The Morgan fingerprint density at radius 2 is 1.98 bits per heavy atom. The van der Waals surface area contributed by atoms with E-state index in [9.17, 15) is 37.3 Å². The third-order valence-corrected chi connectivity index (χ3v) is 8.24. The first kappa shape index (κ1) is 32.6. The molecule has 4 amide bonds. The molecule has 0 aliphatic carbocycles. The number of carbonyl (C=O) groups excluding carboxylic acids is 4. The van der Waals surface area contributed by atoms with E-state index in [4.69, 9.17) is 16.3 Å². The molecule has 4 N–H and O–H groups in total. The maximum absolute atomic E-state index is 13.1. The molecule has 2 aliphatic rings. The van der Waals surface area contributed by atoms with Gasteiger partial charge in [-0.2, -0.15) is 0 Å². The lowest BCUT2D eigenvalue weighted by molar-refractivity contribution is -0.130. The summed E-state index contributed by atoms with van der Waals surface area (Å²) in [7, 11) is -5.22. The predicted molar refractivity (Wildman–Crippen MR) is 146 cm³/mol. The molecule has 15 heteroatoms. The molecule has 0 bridgehead atoms. The number of rotatable bonds is 13. The molecule has 0 spiro atoms. The minimum atomic E-state index is -5.22. The van der Waals surface area contributed by atoms with Gasteiger partial charge in [-0.15, -0.1) is 0 Å². The molecule has 0 saturated carbocycles. The first-order valence-electron chi connectivity index (χ1n) is 13.4. The average Bonchev–Trinajstić information content (AvgIpc) is 3.45. The number of aliphatic hydroxyl groups is 1. The number of hydrogen-bond donors (Lipinski definition) is 4. The zero-order valence-corrected chi connectivity index (χ0v) is 24.4. The molecule has 2 heterocycles. The van der Waals surface area contributed by atoms with Crippen molar-refractivity contribution in [3.05, 3.63) is 34.9 Å². The second kappa shape index (κ2) is 14.3. The van der Waals surface area contributed by atoms with Gasteiger partial charge in [0.15, 0.2) is 5.44 Å². The fourth-order valence-electron chi connectivity index (χ4n) is 4.98. The van der Waals surface area contributed by atoms with Crippen LogP contribution in [-0.2, 0) is 35.8 Å². The van der Waals surface area contributed by atoms with Gasteiger partial charge in [0.1, 0.15) is 22.8 Å². The van der Waals surface area contributed by atoms with Crippen molar-refractivity contribution in [1.29, 1.82) is 0 Å². The summed E-state index contributed by atoms with van der Waals surface area (Å²) in [6, 6.07) is 3.92. The van der Waals surface area contributed by atoms with Crippen LogP contribution in [0.4, 0.5) is 4.79 Å². The molecule has 5 atom stereocenters. The molecule has 2 fully saturated rings. The lowest BCUT2D eigenvalue weighted by Crippen LogP contribution is -2.55. The zero-order chi connectivity index (χ0) is 30.3. The largest absolute Gasteiger partial charge is 0.746 e. The van der Waals surface area contributed by atoms with Crippen LogP contribution in [0.1, 0.15) is 51.5 Å². The Labute approximate surface area is 244 Å². The van der Waals surface area contributed by atoms with Crippen molar-refractivity contribution in [2.45, 2.75) is 76.1 Å². The van der Waals surface area contributed by atoms with Gasteiger partial charge in [-0.05, 0) is 49.3 Å². The number of amides is 4. The van der Waals surface area contributed by atoms with Gasteiger partial charge in [-0.1, -0.05) is 37.6 Å². The van der Waals surface area contributed by atoms with Gasteiger partial charge in [0.25, 0.3) is 0 Å². The number of hydrogen-bond acceptors (Lipinski definition) is 9. The SMILES string of the molecule is CC(C)C[C@H](NC(=O)OC[C@@H]1CCC(=O)N1Cc1cccc(Cl)c1)C(=O)N[C@@H](C[C@@H]1CCNC1=O)C(O)S(=O)(=O)[O-]. The van der Waals surface area contributed by atoms with Gasteiger partial charge < -0.3 is 35.2 Å². The molecule has 1 unspecified atom stereocenters. The zero-order valence-electron chi connectivity index (χ0n) is 22.9. The van der Waals surface area contributed by atoms with E-state index in [0.29, 0.717) is 37.4 Å². The number of nitrogens with zero attached hydrogens (tertiary/aromatic N) is 1. The van der Waals surface area contributed by atoms with Crippen molar-refractivity contribution in [3.8, 4) is 0 Å². The molecule has 0 radical (unpaired) electrons. The highest BCUT2D eigenvalue weighted by molar-refractivity contribution is 7.86. The first-order valence-corrected chi connectivity index (χ1v) is 15.3. The van der Waals surface area contributed by atoms with Crippen LogP contribution in [0.3, 0.4) is 0 Å². The van der Waals surface area contributed by atoms with E-state index in [1.54, 1.807) is 36.9 Å². The Hall–Kier alpha value is -2.94. The molecule has 41 heavy (non-hydrogen) atoms. The molecule has 13 nitrogen and oxygen atoms in total. The van der Waals surface area contributed by atoms with E-state index in [2.05, 4.69) is 16.0 Å². The highest BCUT2D eigenvalue weighted by Crippen LogP contribution is 2.23. The van der Waals surface area contributed by atoms with E-state index in [1.165, 1.54) is 0 Å². The highest BCUT2D eigenvalue weighted by atomic mass is 35.5. The van der Waals surface area contributed by atoms with Gasteiger partial charge in [-0.3, -0.25) is 14.4 Å². The summed E-state index contributed by atoms with van der Waals surface area (Å²) in [5, 5.41) is 18.1. The fraction of sp³-hybridized carbons (Fsp3) is 0.615. The lowest BCUT2D eigenvalue weighted by Gasteiger charge is -2.30. The van der Waals surface area contributed by atoms with Gasteiger partial charge in [0, 0.05) is 30.5 Å². The molecular formula is C26H36ClN4O9S-. The molecule has 2 saturated heterocycles. The Kier molecular flexibility index (Phi) is 11.4. The smallest absolute Gasteiger partial charge is 0.407 e. The number of carbonyl (C=O) groups is 4. The molecule has 3 rings (SSSR count). The van der Waals surface area contributed by atoms with E-state index >= 15 is 0 Å². The molecule has 1 aromatic rings. The van der Waals surface area contributed by atoms with Gasteiger partial charge >= 0.3 is 6.09 Å². The van der Waals surface area contributed by atoms with Gasteiger partial charge in [-0.25, -0.2) is 13.2 Å². The lowest BCUT2D eigenvalue weighted by atomic mass is 9.97. The summed E-state index contributed by atoms with van der Waals surface area (Å²) in [6.45, 7) is 4.10. The van der Waals surface area contributed by atoms with Crippen molar-refractivity contribution in [3.63, 3.8) is 0 Å². The van der Waals surface area contributed by atoms with E-state index in [0.717, 1.165) is 5.56 Å². The van der Waals surface area contributed by atoms with E-state index in [-0.39, 0.29) is 43.2 Å². The number of ether oxygens (including phenoxy) is 1. The van der Waals surface area contributed by atoms with Crippen molar-refractivity contribution in [2.75, 3.05) is 13.2 Å². The van der Waals surface area contributed by atoms with Crippen LogP contribution >= 0.6 is 11.6 Å². The van der Waals surface area contributed by atoms with E-state index < -0.39 is 45.6 Å². The quantitative estimate of drug-likeness (QED) is 0.233. The summed E-state index contributed by atoms with van der Waals surface area (Å²) in [6.07, 6.45) is 0.0178. The minimum Gasteiger partial charge on any atom is -0.746 e. The number of likely N-dealkylation sites (tertiary alicyclic amines) is 1. The van der Waals surface area contributed by atoms with E-state index in [1.807, 2.05) is 6.07 Å². The summed E-state index contributed by atoms with van der Waals surface area (Å²) < 4.78 is 40.0. The Morgan fingerprint density at radius 1 is 1.24 bits per heavy atom. The van der Waals surface area contributed by atoms with Crippen LogP contribution in [0, 0.1) is 11.8 Å². The van der Waals surface area contributed by atoms with Crippen LogP contribution in [0.25, 0.3) is 0 Å². The van der Waals surface area contributed by atoms with Crippen LogP contribution in [0.5, 0.6) is 0 Å². The second-order valence-corrected chi connectivity index (χ2v) is 12.7. The van der Waals surface area contributed by atoms with Crippen LogP contribution in [0.2, 0.25) is 5.02 Å².